The van der Waals surface area contributed by atoms with Crippen LogP contribution in [0, 0.1) is 17.7 Å². The van der Waals surface area contributed by atoms with Gasteiger partial charge < -0.3 is 4.79 Å². The van der Waals surface area contributed by atoms with Gasteiger partial charge in [0.25, 0.3) is 0 Å². The normalized spacial score (nSPS) is 10.5. The van der Waals surface area contributed by atoms with Gasteiger partial charge >= 0.3 is 6.18 Å². The minimum absolute atomic E-state index is 0.0237. The highest BCUT2D eigenvalue weighted by Crippen LogP contribution is 2.31. The van der Waals surface area contributed by atoms with E-state index in [1.165, 1.54) is 0 Å². The molecule has 0 heterocycles. The molecule has 0 saturated carbocycles. The molecule has 84 valence electrons. The van der Waals surface area contributed by atoms with Crippen LogP contribution in [-0.2, 0) is 11.0 Å². The molecule has 0 N–H and O–H groups in total. The fraction of sp³-hybridized carbons (Fsp3) is 0.182. The van der Waals surface area contributed by atoms with E-state index in [0.29, 0.717) is 18.4 Å². The number of aldehydes is 1. The van der Waals surface area contributed by atoms with Crippen molar-refractivity contribution in [2.75, 3.05) is 0 Å². The van der Waals surface area contributed by atoms with Crippen LogP contribution < -0.4 is 0 Å². The lowest BCUT2D eigenvalue weighted by Gasteiger charge is -2.07. The molecule has 0 fully saturated rings. The van der Waals surface area contributed by atoms with Crippen molar-refractivity contribution in [1.29, 1.82) is 0 Å². The Morgan fingerprint density at radius 2 is 2.00 bits per heavy atom. The number of alkyl halides is 3. The predicted octanol–water partition coefficient (Wildman–Crippen LogP) is 2.79. The van der Waals surface area contributed by atoms with Crippen LogP contribution in [0.15, 0.2) is 18.2 Å². The molecule has 0 bridgehead atoms. The van der Waals surface area contributed by atoms with Gasteiger partial charge in [-0.15, -0.1) is 0 Å². The SMILES string of the molecule is O=CCC#Cc1ccc(F)c(C(F)(F)F)c1. The van der Waals surface area contributed by atoms with E-state index in [2.05, 4.69) is 11.8 Å². The Morgan fingerprint density at radius 1 is 1.31 bits per heavy atom. The summed E-state index contributed by atoms with van der Waals surface area (Å²) in [5.41, 5.74) is -1.33. The summed E-state index contributed by atoms with van der Waals surface area (Å²) in [5, 5.41) is 0. The van der Waals surface area contributed by atoms with Crippen molar-refractivity contribution in [3.05, 3.63) is 35.1 Å². The van der Waals surface area contributed by atoms with Crippen LogP contribution in [0.4, 0.5) is 17.6 Å². The summed E-state index contributed by atoms with van der Waals surface area (Å²) in [6, 6.07) is 2.45. The van der Waals surface area contributed by atoms with Crippen molar-refractivity contribution in [3.8, 4) is 11.8 Å². The molecule has 0 aliphatic rings. The molecule has 1 aromatic rings. The average molecular weight is 230 g/mol. The molecule has 0 spiro atoms. The van der Waals surface area contributed by atoms with Crippen molar-refractivity contribution in [2.24, 2.45) is 0 Å². The highest BCUT2D eigenvalue weighted by Gasteiger charge is 2.34. The van der Waals surface area contributed by atoms with Crippen molar-refractivity contribution < 1.29 is 22.4 Å². The third-order valence-electron chi connectivity index (χ3n) is 1.69. The first-order valence-electron chi connectivity index (χ1n) is 4.24. The van der Waals surface area contributed by atoms with E-state index < -0.39 is 17.6 Å². The van der Waals surface area contributed by atoms with Gasteiger partial charge in [-0.25, -0.2) is 4.39 Å². The lowest BCUT2D eigenvalue weighted by atomic mass is 10.1. The van der Waals surface area contributed by atoms with Gasteiger partial charge in [-0.3, -0.25) is 0 Å². The zero-order valence-electron chi connectivity index (χ0n) is 7.94. The van der Waals surface area contributed by atoms with Crippen LogP contribution in [0.1, 0.15) is 17.5 Å². The Morgan fingerprint density at radius 3 is 2.56 bits per heavy atom. The topological polar surface area (TPSA) is 17.1 Å². The summed E-state index contributed by atoms with van der Waals surface area (Å²) < 4.78 is 49.6. The molecular formula is C11H6F4O. The van der Waals surface area contributed by atoms with Gasteiger partial charge in [0.05, 0.1) is 12.0 Å². The Bertz CT molecular complexity index is 451. The molecule has 0 amide bonds. The molecular weight excluding hydrogens is 224 g/mol. The van der Waals surface area contributed by atoms with E-state index in [1.54, 1.807) is 0 Å². The molecule has 1 aromatic carbocycles. The number of hydrogen-bond acceptors (Lipinski definition) is 1. The second-order valence-corrected chi connectivity index (χ2v) is 2.86. The first-order valence-corrected chi connectivity index (χ1v) is 4.24. The molecule has 0 atom stereocenters. The minimum atomic E-state index is -4.74. The molecule has 0 saturated heterocycles. The highest BCUT2D eigenvalue weighted by atomic mass is 19.4. The molecule has 0 aromatic heterocycles. The van der Waals surface area contributed by atoms with Gasteiger partial charge in [-0.1, -0.05) is 11.8 Å². The molecule has 0 aliphatic carbocycles. The average Bonchev–Trinajstić information content (AvgIpc) is 2.19. The number of halogens is 4. The van der Waals surface area contributed by atoms with Crippen LogP contribution in [0.2, 0.25) is 0 Å². The number of hydrogen-bond donors (Lipinski definition) is 0. The smallest absolute Gasteiger partial charge is 0.302 e. The lowest BCUT2D eigenvalue weighted by Crippen LogP contribution is -2.08. The zero-order chi connectivity index (χ0) is 12.2. The molecule has 0 aliphatic heterocycles. The largest absolute Gasteiger partial charge is 0.419 e. The summed E-state index contributed by atoms with van der Waals surface area (Å²) in [6.45, 7) is 0. The first-order chi connectivity index (χ1) is 7.45. The third kappa shape index (κ3) is 3.09. The van der Waals surface area contributed by atoms with Gasteiger partial charge in [-0.2, -0.15) is 13.2 Å². The van der Waals surface area contributed by atoms with Crippen LogP contribution in [-0.4, -0.2) is 6.29 Å². The molecule has 0 radical (unpaired) electrons. The summed E-state index contributed by atoms with van der Waals surface area (Å²) in [6.07, 6.45) is -4.29. The fourth-order valence-corrected chi connectivity index (χ4v) is 1.02. The summed E-state index contributed by atoms with van der Waals surface area (Å²) in [4.78, 5) is 9.93. The Labute approximate surface area is 89.1 Å². The minimum Gasteiger partial charge on any atom is -0.302 e. The molecule has 1 nitrogen and oxygen atoms in total. The maximum Gasteiger partial charge on any atom is 0.419 e. The van der Waals surface area contributed by atoms with E-state index >= 15 is 0 Å². The summed E-state index contributed by atoms with van der Waals surface area (Å²) in [5.74, 6) is 3.34. The van der Waals surface area contributed by atoms with Crippen molar-refractivity contribution in [1.82, 2.24) is 0 Å². The maximum absolute atomic E-state index is 12.8. The fourth-order valence-electron chi connectivity index (χ4n) is 1.02. The van der Waals surface area contributed by atoms with Crippen molar-refractivity contribution >= 4 is 6.29 Å². The second-order valence-electron chi connectivity index (χ2n) is 2.86. The Balaban J connectivity index is 3.09. The van der Waals surface area contributed by atoms with Gasteiger partial charge in [0.1, 0.15) is 12.1 Å². The zero-order valence-corrected chi connectivity index (χ0v) is 7.94. The monoisotopic (exact) mass is 230 g/mol. The van der Waals surface area contributed by atoms with E-state index in [4.69, 9.17) is 0 Å². The predicted molar refractivity (Wildman–Crippen MR) is 49.0 cm³/mol. The Hall–Kier alpha value is -1.83. The van der Waals surface area contributed by atoms with Gasteiger partial charge in [0.2, 0.25) is 0 Å². The highest BCUT2D eigenvalue weighted by molar-refractivity contribution is 5.55. The number of carbonyl (C=O) groups excluding carboxylic acids is 1. The summed E-state index contributed by atoms with van der Waals surface area (Å²) in [7, 11) is 0. The van der Waals surface area contributed by atoms with Crippen molar-refractivity contribution in [2.45, 2.75) is 12.6 Å². The van der Waals surface area contributed by atoms with Crippen LogP contribution in [0.5, 0.6) is 0 Å². The lowest BCUT2D eigenvalue weighted by molar-refractivity contribution is -0.140. The molecule has 16 heavy (non-hydrogen) atoms. The number of rotatable bonds is 1. The van der Waals surface area contributed by atoms with E-state index in [-0.39, 0.29) is 12.0 Å². The van der Waals surface area contributed by atoms with E-state index in [0.717, 1.165) is 6.07 Å². The van der Waals surface area contributed by atoms with Gasteiger partial charge in [0, 0.05) is 5.56 Å². The number of benzene rings is 1. The second kappa shape index (κ2) is 4.79. The van der Waals surface area contributed by atoms with E-state index in [9.17, 15) is 22.4 Å². The quantitative estimate of drug-likeness (QED) is 0.412. The van der Waals surface area contributed by atoms with Crippen LogP contribution in [0.3, 0.4) is 0 Å². The maximum atomic E-state index is 12.8. The number of carbonyl (C=O) groups is 1. The van der Waals surface area contributed by atoms with Crippen molar-refractivity contribution in [3.63, 3.8) is 0 Å². The molecule has 5 heteroatoms. The van der Waals surface area contributed by atoms with Crippen LogP contribution >= 0.6 is 0 Å². The van der Waals surface area contributed by atoms with Gasteiger partial charge in [-0.05, 0) is 18.2 Å². The van der Waals surface area contributed by atoms with Gasteiger partial charge in [0.15, 0.2) is 0 Å². The molecule has 0 unspecified atom stereocenters. The summed E-state index contributed by atoms with van der Waals surface area (Å²) >= 11 is 0. The Kier molecular flexibility index (Phi) is 3.67. The first kappa shape index (κ1) is 12.2. The molecule has 1 rings (SSSR count). The van der Waals surface area contributed by atoms with E-state index in [1.807, 2.05) is 0 Å². The standard InChI is InChI=1S/C11H6F4O/c12-10-5-4-8(3-1-2-6-16)7-9(10)11(13,14)15/h4-7H,2H2. The van der Waals surface area contributed by atoms with Crippen LogP contribution in [0.25, 0.3) is 0 Å². The third-order valence-corrected chi connectivity index (χ3v) is 1.69.